The minimum absolute atomic E-state index is 0.00980. The molecule has 1 aromatic carbocycles. The van der Waals surface area contributed by atoms with E-state index >= 15 is 0 Å². The van der Waals surface area contributed by atoms with Crippen LogP contribution in [0, 0.1) is 5.41 Å². The van der Waals surface area contributed by atoms with Crippen molar-refractivity contribution in [1.29, 1.82) is 0 Å². The Bertz CT molecular complexity index is 1300. The van der Waals surface area contributed by atoms with Crippen LogP contribution >= 0.6 is 0 Å². The molecule has 1 heterocycles. The van der Waals surface area contributed by atoms with Crippen molar-refractivity contribution in [1.82, 2.24) is 5.32 Å². The first-order valence-corrected chi connectivity index (χ1v) is 10.5. The molecule has 0 amide bonds. The summed E-state index contributed by atoms with van der Waals surface area (Å²) >= 11 is 0. The molecule has 0 saturated heterocycles. The van der Waals surface area contributed by atoms with Gasteiger partial charge in [0.05, 0.1) is 29.7 Å². The van der Waals surface area contributed by atoms with Gasteiger partial charge >= 0.3 is 17.6 Å². The number of fused-ring (bicyclic) bond motifs is 3. The highest BCUT2D eigenvalue weighted by Crippen LogP contribution is 2.42. The Morgan fingerprint density at radius 1 is 1.03 bits per heavy atom. The van der Waals surface area contributed by atoms with Crippen molar-refractivity contribution in [3.63, 3.8) is 0 Å². The van der Waals surface area contributed by atoms with Gasteiger partial charge in [-0.2, -0.15) is 0 Å². The number of para-hydroxylation sites is 1. The Morgan fingerprint density at radius 3 is 2.22 bits per heavy atom. The van der Waals surface area contributed by atoms with E-state index in [0.717, 1.165) is 0 Å². The molecule has 0 fully saturated rings. The summed E-state index contributed by atoms with van der Waals surface area (Å²) in [6.07, 6.45) is 0. The third-order valence-corrected chi connectivity index (χ3v) is 5.15. The molecule has 3 rings (SSSR count). The number of ether oxygens (including phenoxy) is 2. The number of ketones is 1. The van der Waals surface area contributed by atoms with E-state index < -0.39 is 34.3 Å². The maximum absolute atomic E-state index is 13.5. The average molecular weight is 441 g/mol. The van der Waals surface area contributed by atoms with E-state index in [-0.39, 0.29) is 40.5 Å². The summed E-state index contributed by atoms with van der Waals surface area (Å²) in [5, 5.41) is 3.63. The third kappa shape index (κ3) is 3.49. The van der Waals surface area contributed by atoms with Gasteiger partial charge in [-0.3, -0.25) is 9.59 Å². The number of carbonyl (C=O) groups excluding carboxylic acids is 3. The molecule has 170 valence electrons. The molecule has 32 heavy (non-hydrogen) atoms. The zero-order chi connectivity index (χ0) is 23.8. The summed E-state index contributed by atoms with van der Waals surface area (Å²) in [5.41, 5.74) is -3.71. The van der Waals surface area contributed by atoms with Gasteiger partial charge in [0.2, 0.25) is 0 Å². The predicted molar refractivity (Wildman–Crippen MR) is 118 cm³/mol. The van der Waals surface area contributed by atoms with Crippen molar-refractivity contribution in [2.45, 2.75) is 47.1 Å². The van der Waals surface area contributed by atoms with Crippen LogP contribution in [0.25, 0.3) is 22.2 Å². The van der Waals surface area contributed by atoms with Crippen molar-refractivity contribution in [3.05, 3.63) is 45.1 Å². The van der Waals surface area contributed by atoms with Crippen LogP contribution in [0.15, 0.2) is 33.5 Å². The van der Waals surface area contributed by atoms with E-state index in [0.29, 0.717) is 5.39 Å². The summed E-state index contributed by atoms with van der Waals surface area (Å²) in [4.78, 5) is 53.3. The number of rotatable bonds is 6. The molecular weight excluding hydrogens is 414 g/mol. The zero-order valence-electron chi connectivity index (χ0n) is 19.1. The molecule has 0 saturated carbocycles. The first-order valence-electron chi connectivity index (χ1n) is 10.5. The summed E-state index contributed by atoms with van der Waals surface area (Å²) in [5.74, 6) is -2.51. The maximum Gasteiger partial charge on any atom is 0.346 e. The topological polar surface area (TPSA) is 112 Å². The van der Waals surface area contributed by atoms with Gasteiger partial charge in [-0.05, 0) is 47.6 Å². The number of carbonyl (C=O) groups is 3. The van der Waals surface area contributed by atoms with Gasteiger partial charge in [0.1, 0.15) is 5.58 Å². The number of nitrogens with one attached hydrogen (secondary N) is 1. The third-order valence-electron chi connectivity index (χ3n) is 5.15. The standard InChI is InChI=1S/C24H27NO7/c1-7-30-21(28)18-16-14-11-9-10-12-15(14)32-20(27)17(16)19(25-23(4,5)6)24(18,13(3)26)22(29)31-8-2/h9-12,25H,7-8H2,1-6H3. The van der Waals surface area contributed by atoms with Gasteiger partial charge in [-0.1, -0.05) is 18.2 Å². The van der Waals surface area contributed by atoms with Crippen molar-refractivity contribution in [2.24, 2.45) is 5.41 Å². The molecule has 8 nitrogen and oxygen atoms in total. The minimum Gasteiger partial charge on any atom is -0.465 e. The fraction of sp³-hybridized carbons (Fsp3) is 0.417. The van der Waals surface area contributed by atoms with E-state index in [9.17, 15) is 19.2 Å². The van der Waals surface area contributed by atoms with E-state index in [4.69, 9.17) is 13.9 Å². The van der Waals surface area contributed by atoms with Crippen molar-refractivity contribution < 1.29 is 28.3 Å². The lowest BCUT2D eigenvalue weighted by molar-refractivity contribution is -0.154. The lowest BCUT2D eigenvalue weighted by Crippen LogP contribution is -2.51. The summed E-state index contributed by atoms with van der Waals surface area (Å²) in [6, 6.07) is 6.62. The number of hydrogen-bond acceptors (Lipinski definition) is 8. The second-order valence-electron chi connectivity index (χ2n) is 8.51. The van der Waals surface area contributed by atoms with Crippen LogP contribution in [0.3, 0.4) is 0 Å². The van der Waals surface area contributed by atoms with Gasteiger partial charge < -0.3 is 19.2 Å². The first-order chi connectivity index (χ1) is 15.0. The Labute approximate surface area is 184 Å². The molecule has 1 atom stereocenters. The van der Waals surface area contributed by atoms with Crippen molar-refractivity contribution in [2.75, 3.05) is 13.2 Å². The molecule has 2 aromatic rings. The van der Waals surface area contributed by atoms with Gasteiger partial charge in [0.15, 0.2) is 11.2 Å². The molecule has 1 aliphatic rings. The van der Waals surface area contributed by atoms with E-state index in [1.807, 2.05) is 0 Å². The summed E-state index contributed by atoms with van der Waals surface area (Å²) in [7, 11) is 0. The van der Waals surface area contributed by atoms with Crippen LogP contribution in [-0.4, -0.2) is 36.5 Å². The van der Waals surface area contributed by atoms with Gasteiger partial charge in [-0.15, -0.1) is 0 Å². The number of esters is 2. The monoisotopic (exact) mass is 441 g/mol. The fourth-order valence-electron chi connectivity index (χ4n) is 4.07. The molecule has 0 aliphatic heterocycles. The molecule has 1 aliphatic carbocycles. The number of hydrogen-bond donors (Lipinski definition) is 1. The van der Waals surface area contributed by atoms with E-state index in [1.54, 1.807) is 58.9 Å². The maximum atomic E-state index is 13.5. The molecule has 0 bridgehead atoms. The molecule has 8 heteroatoms. The van der Waals surface area contributed by atoms with E-state index in [2.05, 4.69) is 5.32 Å². The Kier molecular flexibility index (Phi) is 6.00. The second-order valence-corrected chi connectivity index (χ2v) is 8.51. The number of Topliss-reactive ketones (excluding diaryl/α,β-unsaturated/α-hetero) is 1. The van der Waals surface area contributed by atoms with Gasteiger partial charge in [-0.25, -0.2) is 9.59 Å². The summed E-state index contributed by atoms with van der Waals surface area (Å²) < 4.78 is 16.1. The van der Waals surface area contributed by atoms with Gasteiger partial charge in [0, 0.05) is 16.1 Å². The average Bonchev–Trinajstić information content (AvgIpc) is 2.99. The van der Waals surface area contributed by atoms with Crippen LogP contribution < -0.4 is 21.4 Å². The largest absolute Gasteiger partial charge is 0.465 e. The van der Waals surface area contributed by atoms with Crippen LogP contribution in [0.1, 0.15) is 41.5 Å². The Morgan fingerprint density at radius 2 is 1.66 bits per heavy atom. The van der Waals surface area contributed by atoms with Gasteiger partial charge in [0.25, 0.3) is 0 Å². The zero-order valence-corrected chi connectivity index (χ0v) is 19.1. The second kappa shape index (κ2) is 8.26. The molecule has 0 radical (unpaired) electrons. The molecule has 1 aromatic heterocycles. The van der Waals surface area contributed by atoms with Crippen LogP contribution in [0.4, 0.5) is 0 Å². The minimum atomic E-state index is -2.20. The predicted octanol–water partition coefficient (Wildman–Crippen LogP) is 1.16. The Balaban J connectivity index is 2.72. The van der Waals surface area contributed by atoms with Crippen LogP contribution in [-0.2, 0) is 23.9 Å². The molecule has 1 unspecified atom stereocenters. The van der Waals surface area contributed by atoms with Crippen LogP contribution in [0.5, 0.6) is 0 Å². The highest BCUT2D eigenvalue weighted by Gasteiger charge is 2.59. The Hall–Kier alpha value is -3.42. The molecular formula is C24H27NO7. The number of benzene rings is 1. The van der Waals surface area contributed by atoms with Crippen molar-refractivity contribution >= 4 is 40.0 Å². The fourth-order valence-corrected chi connectivity index (χ4v) is 4.07. The van der Waals surface area contributed by atoms with Crippen molar-refractivity contribution in [3.8, 4) is 0 Å². The highest BCUT2D eigenvalue weighted by molar-refractivity contribution is 6.33. The quantitative estimate of drug-likeness (QED) is 0.404. The normalized spacial score (nSPS) is 17.8. The lowest BCUT2D eigenvalue weighted by atomic mass is 9.75. The van der Waals surface area contributed by atoms with Crippen LogP contribution in [0.2, 0.25) is 0 Å². The molecule has 0 spiro atoms. The smallest absolute Gasteiger partial charge is 0.346 e. The van der Waals surface area contributed by atoms with E-state index in [1.165, 1.54) is 6.92 Å². The lowest BCUT2D eigenvalue weighted by Gasteiger charge is -2.34. The SMILES string of the molecule is CCOC(=O)C1=c2c(c(=O)oc3ccccc23)=C(NC(C)(C)C)C1(C(C)=O)C(=O)OCC. The highest BCUT2D eigenvalue weighted by atomic mass is 16.5. The summed E-state index contributed by atoms with van der Waals surface area (Å²) in [6.45, 7) is 9.80. The molecule has 1 N–H and O–H groups in total. The first kappa shape index (κ1) is 23.2.